The molecule has 2 rings (SSSR count). The van der Waals surface area contributed by atoms with Crippen molar-refractivity contribution in [1.82, 2.24) is 10.2 Å². The van der Waals surface area contributed by atoms with Crippen LogP contribution < -0.4 is 5.32 Å². The van der Waals surface area contributed by atoms with Crippen molar-refractivity contribution < 1.29 is 18.0 Å². The minimum Gasteiger partial charge on any atom is -0.320 e. The molecule has 4 nitrogen and oxygen atoms in total. The predicted molar refractivity (Wildman–Crippen MR) is 63.0 cm³/mol. The van der Waals surface area contributed by atoms with E-state index >= 15 is 0 Å². The molecule has 8 heteroatoms. The molecule has 0 saturated carbocycles. The van der Waals surface area contributed by atoms with Crippen LogP contribution in [-0.2, 0) is 6.18 Å². The van der Waals surface area contributed by atoms with Crippen molar-refractivity contribution in [1.29, 1.82) is 0 Å². The Kier molecular flexibility index (Phi) is 3.48. The highest BCUT2D eigenvalue weighted by Crippen LogP contribution is 2.34. The largest absolute Gasteiger partial charge is 0.418 e. The van der Waals surface area contributed by atoms with Gasteiger partial charge in [-0.15, -0.1) is 0 Å². The summed E-state index contributed by atoms with van der Waals surface area (Å²) in [7, 11) is 0. The van der Waals surface area contributed by atoms with Gasteiger partial charge in [-0.1, -0.05) is 23.7 Å². The number of alkyl halides is 3. The van der Waals surface area contributed by atoms with Gasteiger partial charge in [0, 0.05) is 0 Å². The number of anilines is 1. The lowest BCUT2D eigenvalue weighted by Crippen LogP contribution is -2.17. The first kappa shape index (κ1) is 13.4. The van der Waals surface area contributed by atoms with E-state index in [-0.39, 0.29) is 16.4 Å². The summed E-state index contributed by atoms with van der Waals surface area (Å²) in [6, 6.07) is 4.66. The molecule has 0 saturated heterocycles. The van der Waals surface area contributed by atoms with Gasteiger partial charge in [0.15, 0.2) is 0 Å². The number of H-pyrrole nitrogens is 1. The Balaban J connectivity index is 2.30. The summed E-state index contributed by atoms with van der Waals surface area (Å²) in [6.45, 7) is 0. The SMILES string of the molecule is O=C(Nc1ccccc1C(F)(F)F)c1[nH]ncc1Cl. The molecule has 2 N–H and O–H groups in total. The van der Waals surface area contributed by atoms with E-state index in [1.807, 2.05) is 0 Å². The highest BCUT2D eigenvalue weighted by molar-refractivity contribution is 6.34. The van der Waals surface area contributed by atoms with Crippen molar-refractivity contribution in [3.63, 3.8) is 0 Å². The zero-order chi connectivity index (χ0) is 14.0. The highest BCUT2D eigenvalue weighted by Gasteiger charge is 2.33. The van der Waals surface area contributed by atoms with Gasteiger partial charge in [-0.05, 0) is 12.1 Å². The van der Waals surface area contributed by atoms with Gasteiger partial charge in [0.2, 0.25) is 0 Å². The zero-order valence-electron chi connectivity index (χ0n) is 9.25. The molecule has 19 heavy (non-hydrogen) atoms. The number of halogens is 4. The van der Waals surface area contributed by atoms with Crippen LogP contribution in [0, 0.1) is 0 Å². The van der Waals surface area contributed by atoms with E-state index in [0.29, 0.717) is 0 Å². The number of hydrogen-bond donors (Lipinski definition) is 2. The number of aromatic nitrogens is 2. The lowest BCUT2D eigenvalue weighted by atomic mass is 10.1. The summed E-state index contributed by atoms with van der Waals surface area (Å²) in [4.78, 5) is 11.7. The van der Waals surface area contributed by atoms with Crippen LogP contribution in [-0.4, -0.2) is 16.1 Å². The fourth-order valence-corrected chi connectivity index (χ4v) is 1.63. The Labute approximate surface area is 110 Å². The van der Waals surface area contributed by atoms with E-state index in [1.54, 1.807) is 0 Å². The van der Waals surface area contributed by atoms with Crippen LogP contribution in [0.4, 0.5) is 18.9 Å². The Hall–Kier alpha value is -2.02. The van der Waals surface area contributed by atoms with Gasteiger partial charge < -0.3 is 5.32 Å². The number of amides is 1. The Bertz CT molecular complexity index is 609. The molecule has 1 aromatic heterocycles. The van der Waals surface area contributed by atoms with E-state index in [1.165, 1.54) is 18.3 Å². The quantitative estimate of drug-likeness (QED) is 0.891. The monoisotopic (exact) mass is 289 g/mol. The number of nitrogens with one attached hydrogen (secondary N) is 2. The van der Waals surface area contributed by atoms with Crippen LogP contribution >= 0.6 is 11.6 Å². The third-order valence-corrected chi connectivity index (χ3v) is 2.59. The molecule has 0 unspecified atom stereocenters. The van der Waals surface area contributed by atoms with E-state index in [4.69, 9.17) is 11.6 Å². The fourth-order valence-electron chi connectivity index (χ4n) is 1.45. The molecule has 1 amide bonds. The lowest BCUT2D eigenvalue weighted by Gasteiger charge is -2.12. The van der Waals surface area contributed by atoms with E-state index < -0.39 is 17.6 Å². The van der Waals surface area contributed by atoms with Crippen LogP contribution in [0.15, 0.2) is 30.5 Å². The first-order chi connectivity index (χ1) is 8.89. The number of para-hydroxylation sites is 1. The van der Waals surface area contributed by atoms with E-state index in [2.05, 4.69) is 15.5 Å². The standard InChI is InChI=1S/C11H7ClF3N3O/c12-7-5-16-18-9(7)10(19)17-8-4-2-1-3-6(8)11(13,14)15/h1-5H,(H,16,18)(H,17,19). The van der Waals surface area contributed by atoms with Crippen molar-refractivity contribution in [3.05, 3.63) is 46.7 Å². The smallest absolute Gasteiger partial charge is 0.320 e. The Morgan fingerprint density at radius 2 is 2.00 bits per heavy atom. The maximum absolute atomic E-state index is 12.7. The molecule has 1 aromatic carbocycles. The second-order valence-electron chi connectivity index (χ2n) is 3.59. The number of rotatable bonds is 2. The lowest BCUT2D eigenvalue weighted by molar-refractivity contribution is -0.136. The normalized spacial score (nSPS) is 11.4. The topological polar surface area (TPSA) is 57.8 Å². The van der Waals surface area contributed by atoms with Gasteiger partial charge >= 0.3 is 6.18 Å². The van der Waals surface area contributed by atoms with Gasteiger partial charge in [0.25, 0.3) is 5.91 Å². The number of nitrogens with zero attached hydrogens (tertiary/aromatic N) is 1. The molecular formula is C11H7ClF3N3O. The third-order valence-electron chi connectivity index (χ3n) is 2.30. The number of benzene rings is 1. The van der Waals surface area contributed by atoms with Crippen molar-refractivity contribution in [2.45, 2.75) is 6.18 Å². The zero-order valence-corrected chi connectivity index (χ0v) is 10.0. The average Bonchev–Trinajstić information content (AvgIpc) is 2.75. The van der Waals surface area contributed by atoms with Crippen molar-refractivity contribution in [3.8, 4) is 0 Å². The molecule has 0 fully saturated rings. The maximum Gasteiger partial charge on any atom is 0.418 e. The molecule has 0 aliphatic heterocycles. The molecule has 100 valence electrons. The number of carbonyl (C=O) groups excluding carboxylic acids is 1. The molecule has 1 heterocycles. The average molecular weight is 290 g/mol. The molecule has 0 radical (unpaired) electrons. The maximum atomic E-state index is 12.7. The molecular weight excluding hydrogens is 283 g/mol. The summed E-state index contributed by atoms with van der Waals surface area (Å²) < 4.78 is 38.2. The molecule has 0 aliphatic rings. The van der Waals surface area contributed by atoms with Gasteiger partial charge in [0.05, 0.1) is 22.5 Å². The van der Waals surface area contributed by atoms with Gasteiger partial charge in [0.1, 0.15) is 5.69 Å². The molecule has 2 aromatic rings. The summed E-state index contributed by atoms with van der Waals surface area (Å²) in [5.41, 5.74) is -1.37. The van der Waals surface area contributed by atoms with Crippen LogP contribution in [0.25, 0.3) is 0 Å². The van der Waals surface area contributed by atoms with Gasteiger partial charge in [-0.2, -0.15) is 18.3 Å². The summed E-state index contributed by atoms with van der Waals surface area (Å²) >= 11 is 5.65. The predicted octanol–water partition coefficient (Wildman–Crippen LogP) is 3.33. The van der Waals surface area contributed by atoms with Crippen molar-refractivity contribution >= 4 is 23.2 Å². The van der Waals surface area contributed by atoms with E-state index in [0.717, 1.165) is 12.1 Å². The second-order valence-corrected chi connectivity index (χ2v) is 4.00. The number of aromatic amines is 1. The Morgan fingerprint density at radius 3 is 2.58 bits per heavy atom. The van der Waals surface area contributed by atoms with Gasteiger partial charge in [-0.25, -0.2) is 0 Å². The highest BCUT2D eigenvalue weighted by atomic mass is 35.5. The fraction of sp³-hybridized carbons (Fsp3) is 0.0909. The third kappa shape index (κ3) is 2.87. The van der Waals surface area contributed by atoms with Crippen LogP contribution in [0.2, 0.25) is 5.02 Å². The minimum atomic E-state index is -4.55. The molecule has 0 aliphatic carbocycles. The minimum absolute atomic E-state index is 0.0296. The van der Waals surface area contributed by atoms with Crippen LogP contribution in [0.3, 0.4) is 0 Å². The second kappa shape index (κ2) is 4.93. The first-order valence-electron chi connectivity index (χ1n) is 5.06. The number of carbonyl (C=O) groups is 1. The van der Waals surface area contributed by atoms with Crippen LogP contribution in [0.1, 0.15) is 16.1 Å². The summed E-state index contributed by atoms with van der Waals surface area (Å²) in [5.74, 6) is -0.792. The van der Waals surface area contributed by atoms with Crippen molar-refractivity contribution in [2.75, 3.05) is 5.32 Å². The van der Waals surface area contributed by atoms with Crippen molar-refractivity contribution in [2.24, 2.45) is 0 Å². The number of hydrogen-bond acceptors (Lipinski definition) is 2. The Morgan fingerprint density at radius 1 is 1.32 bits per heavy atom. The summed E-state index contributed by atoms with van der Waals surface area (Å²) in [5, 5.41) is 8.00. The van der Waals surface area contributed by atoms with Gasteiger partial charge in [-0.3, -0.25) is 9.89 Å². The summed E-state index contributed by atoms with van der Waals surface area (Å²) in [6.07, 6.45) is -3.37. The molecule has 0 bridgehead atoms. The first-order valence-corrected chi connectivity index (χ1v) is 5.44. The molecule has 0 spiro atoms. The van der Waals surface area contributed by atoms with E-state index in [9.17, 15) is 18.0 Å². The molecule has 0 atom stereocenters. The van der Waals surface area contributed by atoms with Crippen LogP contribution in [0.5, 0.6) is 0 Å².